The summed E-state index contributed by atoms with van der Waals surface area (Å²) in [6.07, 6.45) is 1.93. The molecule has 1 aliphatic heterocycles. The summed E-state index contributed by atoms with van der Waals surface area (Å²) in [6, 6.07) is 0. The summed E-state index contributed by atoms with van der Waals surface area (Å²) in [5, 5.41) is 12.4. The summed E-state index contributed by atoms with van der Waals surface area (Å²) < 4.78 is 5.66. The van der Waals surface area contributed by atoms with Crippen LogP contribution in [0.3, 0.4) is 0 Å². The number of likely N-dealkylation sites (N-methyl/N-ethyl adjacent to an activating group) is 1. The highest BCUT2D eigenvalue weighted by atomic mass is 16.5. The standard InChI is InChI=1S/C11H21NO3/c1-4-10(3)8-11(9(13)14,12-5-2)6-7-15-10/h12H,4-8H2,1-3H3,(H,13,14). The zero-order valence-corrected chi connectivity index (χ0v) is 9.80. The maximum absolute atomic E-state index is 11.4. The number of nitrogens with one attached hydrogen (secondary N) is 1. The van der Waals surface area contributed by atoms with Crippen molar-refractivity contribution < 1.29 is 14.6 Å². The average molecular weight is 215 g/mol. The normalized spacial score (nSPS) is 36.5. The molecule has 15 heavy (non-hydrogen) atoms. The predicted molar refractivity (Wildman–Crippen MR) is 57.9 cm³/mol. The topological polar surface area (TPSA) is 58.6 Å². The summed E-state index contributed by atoms with van der Waals surface area (Å²) in [6.45, 7) is 7.14. The predicted octanol–water partition coefficient (Wildman–Crippen LogP) is 1.40. The summed E-state index contributed by atoms with van der Waals surface area (Å²) in [5.74, 6) is -0.757. The highest BCUT2D eigenvalue weighted by molar-refractivity contribution is 5.79. The molecule has 4 nitrogen and oxygen atoms in total. The minimum Gasteiger partial charge on any atom is -0.480 e. The molecule has 0 aromatic rings. The van der Waals surface area contributed by atoms with Crippen LogP contribution < -0.4 is 5.32 Å². The molecule has 0 amide bonds. The summed E-state index contributed by atoms with van der Waals surface area (Å²) >= 11 is 0. The maximum Gasteiger partial charge on any atom is 0.324 e. The van der Waals surface area contributed by atoms with E-state index >= 15 is 0 Å². The Hall–Kier alpha value is -0.610. The first-order chi connectivity index (χ1) is 6.98. The van der Waals surface area contributed by atoms with Gasteiger partial charge in [0.05, 0.1) is 5.60 Å². The molecule has 4 heteroatoms. The van der Waals surface area contributed by atoms with Crippen LogP contribution in [0, 0.1) is 0 Å². The third-order valence-corrected chi connectivity index (χ3v) is 3.33. The van der Waals surface area contributed by atoms with E-state index in [0.717, 1.165) is 6.42 Å². The zero-order valence-electron chi connectivity index (χ0n) is 9.80. The third-order valence-electron chi connectivity index (χ3n) is 3.33. The van der Waals surface area contributed by atoms with Crippen molar-refractivity contribution in [2.24, 2.45) is 0 Å². The van der Waals surface area contributed by atoms with Gasteiger partial charge in [-0.15, -0.1) is 0 Å². The van der Waals surface area contributed by atoms with Crippen molar-refractivity contribution >= 4 is 5.97 Å². The largest absolute Gasteiger partial charge is 0.480 e. The van der Waals surface area contributed by atoms with Crippen LogP contribution in [0.15, 0.2) is 0 Å². The van der Waals surface area contributed by atoms with E-state index in [1.54, 1.807) is 0 Å². The lowest BCUT2D eigenvalue weighted by atomic mass is 9.79. The van der Waals surface area contributed by atoms with Gasteiger partial charge >= 0.3 is 5.97 Å². The van der Waals surface area contributed by atoms with Gasteiger partial charge in [-0.2, -0.15) is 0 Å². The Kier molecular flexibility index (Phi) is 3.73. The van der Waals surface area contributed by atoms with Gasteiger partial charge in [-0.05, 0) is 26.3 Å². The SMILES string of the molecule is CCNC1(C(=O)O)CCOC(C)(CC)C1. The molecule has 2 atom stereocenters. The van der Waals surface area contributed by atoms with Crippen molar-refractivity contribution in [3.05, 3.63) is 0 Å². The maximum atomic E-state index is 11.4. The lowest BCUT2D eigenvalue weighted by Crippen LogP contribution is -2.60. The number of carboxylic acid groups (broad SMARTS) is 1. The Morgan fingerprint density at radius 1 is 1.53 bits per heavy atom. The average Bonchev–Trinajstić information content (AvgIpc) is 2.18. The van der Waals surface area contributed by atoms with Gasteiger partial charge in [0, 0.05) is 13.0 Å². The van der Waals surface area contributed by atoms with E-state index in [1.165, 1.54) is 0 Å². The van der Waals surface area contributed by atoms with Gasteiger partial charge in [0.25, 0.3) is 0 Å². The Morgan fingerprint density at radius 3 is 2.67 bits per heavy atom. The first kappa shape index (κ1) is 12.5. The van der Waals surface area contributed by atoms with E-state index in [1.807, 2.05) is 20.8 Å². The van der Waals surface area contributed by atoms with Gasteiger partial charge in [0.2, 0.25) is 0 Å². The van der Waals surface area contributed by atoms with Crippen molar-refractivity contribution in [3.63, 3.8) is 0 Å². The Labute approximate surface area is 91.0 Å². The molecule has 2 N–H and O–H groups in total. The molecule has 0 spiro atoms. The molecule has 0 radical (unpaired) electrons. The van der Waals surface area contributed by atoms with Crippen molar-refractivity contribution in [1.29, 1.82) is 0 Å². The summed E-state index contributed by atoms with van der Waals surface area (Å²) in [7, 11) is 0. The van der Waals surface area contributed by atoms with Crippen molar-refractivity contribution in [2.75, 3.05) is 13.2 Å². The first-order valence-corrected chi connectivity index (χ1v) is 5.60. The van der Waals surface area contributed by atoms with Crippen molar-refractivity contribution in [1.82, 2.24) is 5.32 Å². The zero-order chi connectivity index (χ0) is 11.5. The molecule has 88 valence electrons. The Morgan fingerprint density at radius 2 is 2.20 bits per heavy atom. The lowest BCUT2D eigenvalue weighted by molar-refractivity contribution is -0.160. The third kappa shape index (κ3) is 2.49. The molecule has 1 fully saturated rings. The number of carbonyl (C=O) groups is 1. The van der Waals surface area contributed by atoms with E-state index in [-0.39, 0.29) is 5.60 Å². The molecule has 1 aliphatic rings. The Balaban J connectivity index is 2.84. The van der Waals surface area contributed by atoms with Crippen LogP contribution in [0.1, 0.15) is 40.0 Å². The monoisotopic (exact) mass is 215 g/mol. The highest BCUT2D eigenvalue weighted by Crippen LogP contribution is 2.34. The van der Waals surface area contributed by atoms with Gasteiger partial charge in [0.15, 0.2) is 0 Å². The van der Waals surface area contributed by atoms with Crippen LogP contribution in [0.2, 0.25) is 0 Å². The van der Waals surface area contributed by atoms with E-state index in [9.17, 15) is 9.90 Å². The molecule has 0 aromatic heterocycles. The number of hydrogen-bond acceptors (Lipinski definition) is 3. The molecular formula is C11H21NO3. The molecule has 2 unspecified atom stereocenters. The molecule has 0 bridgehead atoms. The molecule has 1 heterocycles. The Bertz CT molecular complexity index is 240. The molecular weight excluding hydrogens is 194 g/mol. The minimum atomic E-state index is -0.794. The van der Waals surface area contributed by atoms with Crippen LogP contribution in [0.4, 0.5) is 0 Å². The van der Waals surface area contributed by atoms with Crippen LogP contribution in [-0.4, -0.2) is 35.4 Å². The second kappa shape index (κ2) is 4.49. The summed E-state index contributed by atoms with van der Waals surface area (Å²) in [5.41, 5.74) is -1.10. The molecule has 0 saturated carbocycles. The van der Waals surface area contributed by atoms with Gasteiger partial charge in [-0.25, -0.2) is 0 Å². The lowest BCUT2D eigenvalue weighted by Gasteiger charge is -2.44. The summed E-state index contributed by atoms with van der Waals surface area (Å²) in [4.78, 5) is 11.4. The van der Waals surface area contributed by atoms with Gasteiger partial charge in [-0.1, -0.05) is 13.8 Å². The fraction of sp³-hybridized carbons (Fsp3) is 0.909. The number of ether oxygens (including phenoxy) is 1. The molecule has 1 saturated heterocycles. The smallest absolute Gasteiger partial charge is 0.324 e. The van der Waals surface area contributed by atoms with Crippen molar-refractivity contribution in [3.8, 4) is 0 Å². The van der Waals surface area contributed by atoms with Crippen molar-refractivity contribution in [2.45, 2.75) is 51.2 Å². The van der Waals surface area contributed by atoms with Crippen LogP contribution in [0.5, 0.6) is 0 Å². The van der Waals surface area contributed by atoms with Gasteiger partial charge < -0.3 is 15.2 Å². The molecule has 0 aliphatic carbocycles. The first-order valence-electron chi connectivity index (χ1n) is 5.60. The number of rotatable bonds is 4. The second-order valence-corrected chi connectivity index (χ2v) is 4.50. The highest BCUT2D eigenvalue weighted by Gasteiger charge is 2.47. The van der Waals surface area contributed by atoms with Crippen LogP contribution in [0.25, 0.3) is 0 Å². The fourth-order valence-electron chi connectivity index (χ4n) is 2.22. The van der Waals surface area contributed by atoms with E-state index in [0.29, 0.717) is 26.0 Å². The van der Waals surface area contributed by atoms with E-state index in [4.69, 9.17) is 4.74 Å². The number of carboxylic acids is 1. The van der Waals surface area contributed by atoms with E-state index < -0.39 is 11.5 Å². The number of aliphatic carboxylic acids is 1. The fourth-order valence-corrected chi connectivity index (χ4v) is 2.22. The van der Waals surface area contributed by atoms with Crippen LogP contribution in [-0.2, 0) is 9.53 Å². The van der Waals surface area contributed by atoms with Crippen LogP contribution >= 0.6 is 0 Å². The molecule has 1 rings (SSSR count). The van der Waals surface area contributed by atoms with Gasteiger partial charge in [-0.3, -0.25) is 4.79 Å². The van der Waals surface area contributed by atoms with E-state index in [2.05, 4.69) is 5.32 Å². The number of hydrogen-bond donors (Lipinski definition) is 2. The molecule has 0 aromatic carbocycles. The minimum absolute atomic E-state index is 0.307. The quantitative estimate of drug-likeness (QED) is 0.744. The second-order valence-electron chi connectivity index (χ2n) is 4.50. The van der Waals surface area contributed by atoms with Gasteiger partial charge in [0.1, 0.15) is 5.54 Å².